The van der Waals surface area contributed by atoms with Crippen molar-refractivity contribution in [2.24, 2.45) is 0 Å². The highest BCUT2D eigenvalue weighted by molar-refractivity contribution is 5.42. The number of alkyl halides is 3. The number of para-hydroxylation sites is 1. The number of rotatable bonds is 3. The quantitative estimate of drug-likeness (QED) is 0.867. The number of H-pyrrole nitrogens is 1. The first-order chi connectivity index (χ1) is 8.05. The lowest BCUT2D eigenvalue weighted by atomic mass is 10.3. The summed E-state index contributed by atoms with van der Waals surface area (Å²) in [5.41, 5.74) is 0.333. The van der Waals surface area contributed by atoms with Crippen LogP contribution >= 0.6 is 0 Å². The average Bonchev–Trinajstić information content (AvgIpc) is 2.76. The molecule has 0 fully saturated rings. The van der Waals surface area contributed by atoms with E-state index in [1.165, 1.54) is 0 Å². The number of halogens is 3. The Labute approximate surface area is 95.7 Å². The minimum atomic E-state index is -4.40. The number of anilines is 1. The summed E-state index contributed by atoms with van der Waals surface area (Å²) in [6.45, 7) is 0.271. The maximum Gasteiger partial charge on any atom is 0.435 e. The molecule has 17 heavy (non-hydrogen) atoms. The largest absolute Gasteiger partial charge is 0.435 e. The van der Waals surface area contributed by atoms with Gasteiger partial charge in [-0.3, -0.25) is 5.10 Å². The fourth-order valence-electron chi connectivity index (χ4n) is 1.35. The van der Waals surface area contributed by atoms with Crippen LogP contribution in [-0.4, -0.2) is 10.2 Å². The molecule has 1 aromatic carbocycles. The molecule has 1 heterocycles. The third-order valence-corrected chi connectivity index (χ3v) is 2.18. The summed E-state index contributed by atoms with van der Waals surface area (Å²) in [4.78, 5) is 0. The first-order valence-electron chi connectivity index (χ1n) is 4.96. The molecule has 1 aromatic heterocycles. The van der Waals surface area contributed by atoms with Crippen molar-refractivity contribution in [3.63, 3.8) is 0 Å². The second-order valence-corrected chi connectivity index (χ2v) is 3.50. The summed E-state index contributed by atoms with van der Waals surface area (Å²) in [6, 6.07) is 10.2. The van der Waals surface area contributed by atoms with E-state index in [1.807, 2.05) is 30.3 Å². The minimum absolute atomic E-state index is 0.271. The van der Waals surface area contributed by atoms with Crippen LogP contribution in [0.3, 0.4) is 0 Å². The number of aromatic amines is 1. The van der Waals surface area contributed by atoms with E-state index in [0.717, 1.165) is 11.8 Å². The van der Waals surface area contributed by atoms with Crippen molar-refractivity contribution in [1.82, 2.24) is 10.2 Å². The highest BCUT2D eigenvalue weighted by atomic mass is 19.4. The zero-order valence-corrected chi connectivity index (χ0v) is 8.75. The van der Waals surface area contributed by atoms with Crippen LogP contribution in [0.1, 0.15) is 11.4 Å². The van der Waals surface area contributed by atoms with Crippen LogP contribution in [0.15, 0.2) is 36.4 Å². The van der Waals surface area contributed by atoms with Gasteiger partial charge >= 0.3 is 6.18 Å². The number of nitrogens with one attached hydrogen (secondary N) is 2. The van der Waals surface area contributed by atoms with Crippen molar-refractivity contribution in [2.45, 2.75) is 12.7 Å². The van der Waals surface area contributed by atoms with Crippen molar-refractivity contribution < 1.29 is 13.2 Å². The van der Waals surface area contributed by atoms with Gasteiger partial charge in [0.05, 0.1) is 12.2 Å². The second-order valence-electron chi connectivity index (χ2n) is 3.50. The van der Waals surface area contributed by atoms with Crippen LogP contribution in [-0.2, 0) is 12.7 Å². The summed E-state index contributed by atoms with van der Waals surface area (Å²) >= 11 is 0. The van der Waals surface area contributed by atoms with E-state index in [1.54, 1.807) is 0 Å². The van der Waals surface area contributed by atoms with Crippen LogP contribution in [0.2, 0.25) is 0 Å². The van der Waals surface area contributed by atoms with Gasteiger partial charge in [0.2, 0.25) is 0 Å². The van der Waals surface area contributed by atoms with Crippen LogP contribution in [0, 0.1) is 0 Å². The molecule has 0 aliphatic rings. The van der Waals surface area contributed by atoms with Crippen molar-refractivity contribution in [1.29, 1.82) is 0 Å². The number of hydrogen-bond donors (Lipinski definition) is 2. The Hall–Kier alpha value is -1.98. The Balaban J connectivity index is 1.99. The van der Waals surface area contributed by atoms with Gasteiger partial charge in [0, 0.05) is 5.69 Å². The fraction of sp³-hybridized carbons (Fsp3) is 0.182. The maximum absolute atomic E-state index is 12.3. The van der Waals surface area contributed by atoms with Crippen molar-refractivity contribution in [3.8, 4) is 0 Å². The van der Waals surface area contributed by atoms with Crippen LogP contribution in [0.25, 0.3) is 0 Å². The molecule has 0 unspecified atom stereocenters. The summed E-state index contributed by atoms with van der Waals surface area (Å²) in [5, 5.41) is 8.55. The van der Waals surface area contributed by atoms with Gasteiger partial charge in [-0.2, -0.15) is 18.3 Å². The molecule has 0 aliphatic heterocycles. The normalized spacial score (nSPS) is 11.5. The van der Waals surface area contributed by atoms with Gasteiger partial charge in [-0.05, 0) is 18.2 Å². The first-order valence-corrected chi connectivity index (χ1v) is 4.96. The van der Waals surface area contributed by atoms with E-state index in [-0.39, 0.29) is 6.54 Å². The highest BCUT2D eigenvalue weighted by Crippen LogP contribution is 2.27. The number of aromatic nitrogens is 2. The third-order valence-electron chi connectivity index (χ3n) is 2.18. The van der Waals surface area contributed by atoms with E-state index in [0.29, 0.717) is 5.69 Å². The first kappa shape index (κ1) is 11.5. The van der Waals surface area contributed by atoms with E-state index < -0.39 is 11.9 Å². The van der Waals surface area contributed by atoms with Gasteiger partial charge in [-0.15, -0.1) is 0 Å². The SMILES string of the molecule is FC(F)(F)c1cc(CNc2ccccc2)[nH]n1. The molecule has 0 aliphatic carbocycles. The molecule has 2 N–H and O–H groups in total. The molecule has 2 rings (SSSR count). The smallest absolute Gasteiger partial charge is 0.379 e. The van der Waals surface area contributed by atoms with Gasteiger partial charge in [-0.1, -0.05) is 18.2 Å². The standard InChI is InChI=1S/C11H10F3N3/c12-11(13,14)10-6-9(16-17-10)7-15-8-4-2-1-3-5-8/h1-6,15H,7H2,(H,16,17). The maximum atomic E-state index is 12.3. The Bertz CT molecular complexity index is 476. The lowest BCUT2D eigenvalue weighted by Crippen LogP contribution is -2.04. The average molecular weight is 241 g/mol. The molecule has 0 saturated heterocycles. The van der Waals surface area contributed by atoms with Crippen molar-refractivity contribution in [3.05, 3.63) is 47.8 Å². The summed E-state index contributed by atoms with van der Waals surface area (Å²) < 4.78 is 36.8. The van der Waals surface area contributed by atoms with Gasteiger partial charge in [-0.25, -0.2) is 0 Å². The molecule has 90 valence electrons. The van der Waals surface area contributed by atoms with Gasteiger partial charge in [0.15, 0.2) is 5.69 Å². The zero-order chi connectivity index (χ0) is 12.3. The summed E-state index contributed by atoms with van der Waals surface area (Å²) in [5.74, 6) is 0. The lowest BCUT2D eigenvalue weighted by molar-refractivity contribution is -0.141. The van der Waals surface area contributed by atoms with Gasteiger partial charge in [0.1, 0.15) is 0 Å². The molecule has 0 amide bonds. The molecular formula is C11H10F3N3. The van der Waals surface area contributed by atoms with Crippen molar-refractivity contribution >= 4 is 5.69 Å². The molecule has 6 heteroatoms. The molecule has 0 saturated carbocycles. The number of nitrogens with zero attached hydrogens (tertiary/aromatic N) is 1. The monoisotopic (exact) mass is 241 g/mol. The summed E-state index contributed by atoms with van der Waals surface area (Å²) in [6.07, 6.45) is -4.40. The topological polar surface area (TPSA) is 40.7 Å². The molecule has 0 atom stereocenters. The Morgan fingerprint density at radius 2 is 1.88 bits per heavy atom. The molecule has 0 radical (unpaired) electrons. The Morgan fingerprint density at radius 3 is 2.47 bits per heavy atom. The van der Waals surface area contributed by atoms with Crippen molar-refractivity contribution in [2.75, 3.05) is 5.32 Å². The fourth-order valence-corrected chi connectivity index (χ4v) is 1.35. The van der Waals surface area contributed by atoms with E-state index in [2.05, 4.69) is 15.5 Å². The molecule has 0 bridgehead atoms. The van der Waals surface area contributed by atoms with Crippen LogP contribution in [0.4, 0.5) is 18.9 Å². The molecule has 3 nitrogen and oxygen atoms in total. The predicted molar refractivity (Wildman–Crippen MR) is 57.4 cm³/mol. The van der Waals surface area contributed by atoms with E-state index in [9.17, 15) is 13.2 Å². The predicted octanol–water partition coefficient (Wildman–Crippen LogP) is 3.04. The molecule has 0 spiro atoms. The summed E-state index contributed by atoms with van der Waals surface area (Å²) in [7, 11) is 0. The molecule has 2 aromatic rings. The highest BCUT2D eigenvalue weighted by Gasteiger charge is 2.33. The number of hydrogen-bond acceptors (Lipinski definition) is 2. The van der Waals surface area contributed by atoms with Gasteiger partial charge < -0.3 is 5.32 Å². The van der Waals surface area contributed by atoms with E-state index >= 15 is 0 Å². The van der Waals surface area contributed by atoms with E-state index in [4.69, 9.17) is 0 Å². The van der Waals surface area contributed by atoms with Gasteiger partial charge in [0.25, 0.3) is 0 Å². The zero-order valence-electron chi connectivity index (χ0n) is 8.75. The Kier molecular flexibility index (Phi) is 3.03. The number of benzene rings is 1. The van der Waals surface area contributed by atoms with Crippen LogP contribution in [0.5, 0.6) is 0 Å². The third kappa shape index (κ3) is 2.99. The minimum Gasteiger partial charge on any atom is -0.379 e. The van der Waals surface area contributed by atoms with Crippen LogP contribution < -0.4 is 5.32 Å². The lowest BCUT2D eigenvalue weighted by Gasteiger charge is -2.03. The Morgan fingerprint density at radius 1 is 1.18 bits per heavy atom. The molecular weight excluding hydrogens is 231 g/mol. The second kappa shape index (κ2) is 4.48.